The van der Waals surface area contributed by atoms with Gasteiger partial charge >= 0.3 is 0 Å². The first-order valence-electron chi connectivity index (χ1n) is 7.57. The molecule has 0 saturated heterocycles. The monoisotopic (exact) mass is 434 g/mol. The number of nitrogens with two attached hydrogens (primary N) is 1. The zero-order chi connectivity index (χ0) is 20.9. The van der Waals surface area contributed by atoms with Crippen LogP contribution < -0.4 is 15.2 Å². The third kappa shape index (κ3) is 6.14. The number of rotatable bonds is 8. The molecule has 0 aliphatic heterocycles. The maximum Gasteiger partial charge on any atom is 0.287 e. The number of hydrogen-bond donors (Lipinski definition) is 3. The summed E-state index contributed by atoms with van der Waals surface area (Å²) in [6.45, 7) is -0.0568. The van der Waals surface area contributed by atoms with Crippen LogP contribution in [-0.4, -0.2) is 61.3 Å². The van der Waals surface area contributed by atoms with E-state index in [4.69, 9.17) is 26.9 Å². The predicted octanol–water partition coefficient (Wildman–Crippen LogP) is 0.425. The first-order valence-corrected chi connectivity index (χ1v) is 9.67. The van der Waals surface area contributed by atoms with E-state index in [9.17, 15) is 17.6 Å². The number of benzene rings is 1. The van der Waals surface area contributed by atoms with E-state index in [1.54, 1.807) is 0 Å². The molecule has 1 amide bonds. The van der Waals surface area contributed by atoms with E-state index >= 15 is 0 Å². The number of nitrogens with zero attached hydrogens (tertiary/aromatic N) is 3. The number of primary sulfonamides is 1. The number of amidine groups is 1. The number of halogens is 2. The van der Waals surface area contributed by atoms with Gasteiger partial charge in [-0.2, -0.15) is 0 Å². The van der Waals surface area contributed by atoms with Crippen LogP contribution >= 0.6 is 11.6 Å². The van der Waals surface area contributed by atoms with E-state index in [1.165, 1.54) is 19.2 Å². The Labute approximate surface area is 164 Å². The quantitative estimate of drug-likeness (QED) is 0.397. The Morgan fingerprint density at radius 1 is 1.46 bits per heavy atom. The summed E-state index contributed by atoms with van der Waals surface area (Å²) < 4.78 is 44.9. The van der Waals surface area contributed by atoms with Crippen LogP contribution in [0.15, 0.2) is 22.8 Å². The number of sulfonamides is 1. The third-order valence-corrected chi connectivity index (χ3v) is 4.24. The van der Waals surface area contributed by atoms with Gasteiger partial charge in [0, 0.05) is 12.7 Å². The summed E-state index contributed by atoms with van der Waals surface area (Å²) in [5.41, 5.74) is 0.262. The predicted molar refractivity (Wildman–Crippen MR) is 97.3 cm³/mol. The van der Waals surface area contributed by atoms with Gasteiger partial charge in [0.2, 0.25) is 21.6 Å². The number of anilines is 1. The molecule has 1 aromatic carbocycles. The zero-order valence-corrected chi connectivity index (χ0v) is 16.1. The van der Waals surface area contributed by atoms with E-state index in [0.29, 0.717) is 5.69 Å². The Morgan fingerprint density at radius 2 is 2.18 bits per heavy atom. The number of carbonyl (C=O) groups excluding carboxylic acids is 1. The summed E-state index contributed by atoms with van der Waals surface area (Å²) in [7, 11) is -2.55. The number of ether oxygens (including phenoxy) is 1. The van der Waals surface area contributed by atoms with Crippen molar-refractivity contribution >= 4 is 39.1 Å². The lowest BCUT2D eigenvalue weighted by Crippen LogP contribution is -2.37. The van der Waals surface area contributed by atoms with Crippen LogP contribution in [0.4, 0.5) is 10.1 Å². The number of hydrogen-bond acceptors (Lipinski definition) is 8. The summed E-state index contributed by atoms with van der Waals surface area (Å²) in [5, 5.41) is 22.4. The Kier molecular flexibility index (Phi) is 6.88. The Hall–Kier alpha value is -2.77. The van der Waals surface area contributed by atoms with Gasteiger partial charge < -0.3 is 15.0 Å². The Morgan fingerprint density at radius 3 is 2.82 bits per heavy atom. The Bertz CT molecular complexity index is 982. The fourth-order valence-corrected chi connectivity index (χ4v) is 2.64. The minimum absolute atomic E-state index is 0.0228. The molecule has 0 bridgehead atoms. The van der Waals surface area contributed by atoms with E-state index in [1.807, 2.05) is 0 Å². The molecule has 2 rings (SSSR count). The molecule has 1 heterocycles. The molecule has 0 spiro atoms. The number of amides is 1. The van der Waals surface area contributed by atoms with Crippen LogP contribution in [0.3, 0.4) is 0 Å². The second-order valence-corrected chi connectivity index (χ2v) is 7.54. The lowest BCUT2D eigenvalue weighted by Gasteiger charge is -2.16. The SMILES string of the molecule is CN(CCOc1nonc1C(=N)Nc1ccc(F)c(Cl)c1)C(=O)CS(N)(=O)=O. The molecular formula is C14H16ClFN6O5S. The van der Waals surface area contributed by atoms with Gasteiger partial charge in [0.1, 0.15) is 18.2 Å². The molecule has 28 heavy (non-hydrogen) atoms. The van der Waals surface area contributed by atoms with Crippen LogP contribution in [0.25, 0.3) is 0 Å². The molecule has 0 aliphatic rings. The van der Waals surface area contributed by atoms with Crippen molar-refractivity contribution in [2.24, 2.45) is 5.14 Å². The summed E-state index contributed by atoms with van der Waals surface area (Å²) in [4.78, 5) is 12.8. The third-order valence-electron chi connectivity index (χ3n) is 3.30. The van der Waals surface area contributed by atoms with Gasteiger partial charge in [0.05, 0.1) is 11.6 Å². The average Bonchev–Trinajstić information content (AvgIpc) is 3.05. The van der Waals surface area contributed by atoms with Gasteiger partial charge in [-0.3, -0.25) is 10.2 Å². The van der Waals surface area contributed by atoms with Gasteiger partial charge in [-0.15, -0.1) is 0 Å². The molecule has 0 unspecified atom stereocenters. The van der Waals surface area contributed by atoms with E-state index in [0.717, 1.165) is 11.0 Å². The van der Waals surface area contributed by atoms with Crippen molar-refractivity contribution in [2.45, 2.75) is 0 Å². The molecule has 1 aromatic heterocycles. The molecule has 14 heteroatoms. The van der Waals surface area contributed by atoms with Crippen LogP contribution in [0.2, 0.25) is 5.02 Å². The molecule has 0 aliphatic carbocycles. The highest BCUT2D eigenvalue weighted by Crippen LogP contribution is 2.21. The smallest absolute Gasteiger partial charge is 0.287 e. The van der Waals surface area contributed by atoms with Crippen molar-refractivity contribution in [1.82, 2.24) is 15.2 Å². The fraction of sp³-hybridized carbons (Fsp3) is 0.286. The van der Waals surface area contributed by atoms with Crippen molar-refractivity contribution in [2.75, 3.05) is 31.3 Å². The molecule has 4 N–H and O–H groups in total. The minimum Gasteiger partial charge on any atom is -0.472 e. The second kappa shape index (κ2) is 8.95. The molecule has 0 radical (unpaired) electrons. The summed E-state index contributed by atoms with van der Waals surface area (Å²) >= 11 is 5.68. The maximum atomic E-state index is 13.2. The molecule has 11 nitrogen and oxygen atoms in total. The van der Waals surface area contributed by atoms with Gasteiger partial charge in [0.15, 0.2) is 5.84 Å². The summed E-state index contributed by atoms with van der Waals surface area (Å²) in [6, 6.07) is 3.78. The average molecular weight is 435 g/mol. The number of carbonyl (C=O) groups is 1. The number of aromatic nitrogens is 2. The van der Waals surface area contributed by atoms with Gasteiger partial charge in [-0.05, 0) is 28.5 Å². The largest absolute Gasteiger partial charge is 0.472 e. The number of nitrogens with one attached hydrogen (secondary N) is 2. The van der Waals surface area contributed by atoms with Crippen LogP contribution in [0.1, 0.15) is 5.69 Å². The van der Waals surface area contributed by atoms with Gasteiger partial charge in [0.25, 0.3) is 5.88 Å². The molecule has 0 atom stereocenters. The first-order chi connectivity index (χ1) is 13.1. The maximum absolute atomic E-state index is 13.2. The van der Waals surface area contributed by atoms with Crippen LogP contribution in [0.5, 0.6) is 5.88 Å². The minimum atomic E-state index is -3.93. The van der Waals surface area contributed by atoms with Gasteiger partial charge in [-0.1, -0.05) is 11.6 Å². The van der Waals surface area contributed by atoms with Crippen LogP contribution in [-0.2, 0) is 14.8 Å². The lowest BCUT2D eigenvalue weighted by molar-refractivity contribution is -0.127. The van der Waals surface area contributed by atoms with Crippen molar-refractivity contribution in [3.8, 4) is 5.88 Å². The Balaban J connectivity index is 1.93. The lowest BCUT2D eigenvalue weighted by atomic mass is 10.3. The molecule has 0 saturated carbocycles. The summed E-state index contributed by atoms with van der Waals surface area (Å²) in [5.74, 6) is -2.51. The topological polar surface area (TPSA) is 164 Å². The molecular weight excluding hydrogens is 419 g/mol. The normalized spacial score (nSPS) is 11.1. The fourth-order valence-electron chi connectivity index (χ4n) is 1.89. The summed E-state index contributed by atoms with van der Waals surface area (Å²) in [6.07, 6.45) is 0. The zero-order valence-electron chi connectivity index (χ0n) is 14.5. The van der Waals surface area contributed by atoms with Crippen molar-refractivity contribution in [1.29, 1.82) is 5.41 Å². The van der Waals surface area contributed by atoms with Crippen LogP contribution in [0, 0.1) is 11.2 Å². The highest BCUT2D eigenvalue weighted by atomic mass is 35.5. The highest BCUT2D eigenvalue weighted by molar-refractivity contribution is 7.89. The number of likely N-dealkylation sites (N-methyl/N-ethyl adjacent to an activating group) is 1. The van der Waals surface area contributed by atoms with Crippen molar-refractivity contribution in [3.63, 3.8) is 0 Å². The molecule has 152 valence electrons. The van der Waals surface area contributed by atoms with E-state index < -0.39 is 27.5 Å². The van der Waals surface area contributed by atoms with Crippen molar-refractivity contribution in [3.05, 3.63) is 34.7 Å². The molecule has 2 aromatic rings. The standard InChI is InChI=1S/C14H16ClFN6O5S/c1-22(11(23)7-28(18,24)25)4-5-26-14-12(20-27-21-14)13(17)19-8-2-3-10(16)9(15)6-8/h2-3,6H,4-5,7H2,1H3,(H2,17,19)(H2,18,24,25). The van der Waals surface area contributed by atoms with Crippen molar-refractivity contribution < 1.29 is 27.0 Å². The van der Waals surface area contributed by atoms with E-state index in [-0.39, 0.29) is 35.6 Å². The molecule has 0 fully saturated rings. The highest BCUT2D eigenvalue weighted by Gasteiger charge is 2.19. The van der Waals surface area contributed by atoms with Gasteiger partial charge in [-0.25, -0.2) is 22.6 Å². The second-order valence-electron chi connectivity index (χ2n) is 5.52. The first kappa shape index (κ1) is 21.5. The van der Waals surface area contributed by atoms with E-state index in [2.05, 4.69) is 20.3 Å².